The van der Waals surface area contributed by atoms with Crippen molar-refractivity contribution in [2.24, 2.45) is 5.10 Å². The van der Waals surface area contributed by atoms with Gasteiger partial charge in [0.05, 0.1) is 11.9 Å². The number of hydrazone groups is 1. The highest BCUT2D eigenvalue weighted by molar-refractivity contribution is 6.02. The van der Waals surface area contributed by atoms with Crippen molar-refractivity contribution < 1.29 is 5.11 Å². The Bertz CT molecular complexity index is 841. The highest BCUT2D eigenvalue weighted by Crippen LogP contribution is 2.25. The standard InChI is InChI=1S/C18H15N3O/c1-13(15-6-4-10-19-11-15)21-20-12-17-16-7-3-2-5-14(16)8-9-18(17)22/h2-12,21-22H,1H2/b20-12+. The predicted molar refractivity (Wildman–Crippen MR) is 89.6 cm³/mol. The van der Waals surface area contributed by atoms with Crippen molar-refractivity contribution in [1.29, 1.82) is 0 Å². The van der Waals surface area contributed by atoms with E-state index < -0.39 is 0 Å². The maximum Gasteiger partial charge on any atom is 0.125 e. The van der Waals surface area contributed by atoms with E-state index in [2.05, 4.69) is 22.1 Å². The fourth-order valence-corrected chi connectivity index (χ4v) is 2.20. The molecular weight excluding hydrogens is 274 g/mol. The molecule has 0 saturated carbocycles. The average Bonchev–Trinajstić information content (AvgIpc) is 2.57. The zero-order valence-corrected chi connectivity index (χ0v) is 11.9. The monoisotopic (exact) mass is 289 g/mol. The summed E-state index contributed by atoms with van der Waals surface area (Å²) >= 11 is 0. The molecule has 4 heteroatoms. The summed E-state index contributed by atoms with van der Waals surface area (Å²) in [4.78, 5) is 4.03. The molecule has 108 valence electrons. The number of benzene rings is 2. The molecule has 0 saturated heterocycles. The fraction of sp³-hybridized carbons (Fsp3) is 0. The minimum Gasteiger partial charge on any atom is -0.507 e. The lowest BCUT2D eigenvalue weighted by molar-refractivity contribution is 0.475. The third-order valence-corrected chi connectivity index (χ3v) is 3.35. The first-order chi connectivity index (χ1) is 10.8. The van der Waals surface area contributed by atoms with Crippen LogP contribution in [0.15, 0.2) is 72.6 Å². The number of nitrogens with zero attached hydrogens (tertiary/aromatic N) is 2. The molecule has 2 aromatic carbocycles. The molecule has 0 fully saturated rings. The van der Waals surface area contributed by atoms with E-state index in [-0.39, 0.29) is 5.75 Å². The lowest BCUT2D eigenvalue weighted by atomic mass is 10.0. The zero-order valence-electron chi connectivity index (χ0n) is 11.9. The predicted octanol–water partition coefficient (Wildman–Crippen LogP) is 3.53. The van der Waals surface area contributed by atoms with Gasteiger partial charge in [0, 0.05) is 23.5 Å². The Balaban J connectivity index is 1.84. The number of phenolic OH excluding ortho intramolecular Hbond substituents is 1. The van der Waals surface area contributed by atoms with Crippen LogP contribution in [0.4, 0.5) is 0 Å². The number of phenols is 1. The number of nitrogens with one attached hydrogen (secondary N) is 1. The minimum absolute atomic E-state index is 0.191. The summed E-state index contributed by atoms with van der Waals surface area (Å²) in [6.07, 6.45) is 5.01. The van der Waals surface area contributed by atoms with Crippen molar-refractivity contribution >= 4 is 22.7 Å². The van der Waals surface area contributed by atoms with E-state index in [4.69, 9.17) is 0 Å². The van der Waals surface area contributed by atoms with Crippen LogP contribution in [-0.2, 0) is 0 Å². The molecule has 0 aliphatic heterocycles. The van der Waals surface area contributed by atoms with Gasteiger partial charge < -0.3 is 5.11 Å². The number of rotatable bonds is 4. The van der Waals surface area contributed by atoms with Crippen LogP contribution in [0.5, 0.6) is 5.75 Å². The number of hydrogen-bond acceptors (Lipinski definition) is 4. The largest absolute Gasteiger partial charge is 0.507 e. The van der Waals surface area contributed by atoms with Crippen molar-refractivity contribution in [2.45, 2.75) is 0 Å². The molecule has 1 heterocycles. The molecule has 0 bridgehead atoms. The Kier molecular flexibility index (Phi) is 3.83. The highest BCUT2D eigenvalue weighted by atomic mass is 16.3. The van der Waals surface area contributed by atoms with Crippen molar-refractivity contribution in [1.82, 2.24) is 10.4 Å². The Morgan fingerprint density at radius 1 is 1.14 bits per heavy atom. The Hall–Kier alpha value is -3.14. The summed E-state index contributed by atoms with van der Waals surface area (Å²) in [5.74, 6) is 0.191. The molecule has 0 atom stereocenters. The molecule has 22 heavy (non-hydrogen) atoms. The van der Waals surface area contributed by atoms with Crippen molar-refractivity contribution in [3.05, 3.63) is 78.6 Å². The minimum atomic E-state index is 0.191. The van der Waals surface area contributed by atoms with Crippen LogP contribution in [0.2, 0.25) is 0 Å². The van der Waals surface area contributed by atoms with E-state index in [1.807, 2.05) is 42.5 Å². The Labute approximate surface area is 128 Å². The molecule has 0 spiro atoms. The first kappa shape index (κ1) is 13.8. The van der Waals surface area contributed by atoms with Crippen LogP contribution in [-0.4, -0.2) is 16.3 Å². The SMILES string of the molecule is C=C(N/N=C/c1c(O)ccc2ccccc12)c1cccnc1. The van der Waals surface area contributed by atoms with Gasteiger partial charge in [-0.05, 0) is 29.0 Å². The van der Waals surface area contributed by atoms with Crippen LogP contribution < -0.4 is 5.43 Å². The van der Waals surface area contributed by atoms with Crippen LogP contribution in [0.1, 0.15) is 11.1 Å². The van der Waals surface area contributed by atoms with Gasteiger partial charge in [-0.15, -0.1) is 0 Å². The van der Waals surface area contributed by atoms with Gasteiger partial charge in [0.1, 0.15) is 5.75 Å². The normalized spacial score (nSPS) is 10.9. The molecule has 0 aliphatic carbocycles. The van der Waals surface area contributed by atoms with E-state index in [0.29, 0.717) is 11.3 Å². The number of aromatic hydroxyl groups is 1. The van der Waals surface area contributed by atoms with E-state index in [0.717, 1.165) is 16.3 Å². The van der Waals surface area contributed by atoms with Crippen LogP contribution in [0, 0.1) is 0 Å². The molecule has 3 aromatic rings. The van der Waals surface area contributed by atoms with Gasteiger partial charge in [-0.3, -0.25) is 10.4 Å². The highest BCUT2D eigenvalue weighted by Gasteiger charge is 2.04. The van der Waals surface area contributed by atoms with Gasteiger partial charge in [-0.2, -0.15) is 5.10 Å². The zero-order chi connectivity index (χ0) is 15.4. The lowest BCUT2D eigenvalue weighted by Crippen LogP contribution is -2.03. The number of hydrogen-bond donors (Lipinski definition) is 2. The summed E-state index contributed by atoms with van der Waals surface area (Å²) in [6, 6.07) is 15.1. The smallest absolute Gasteiger partial charge is 0.125 e. The molecular formula is C18H15N3O. The van der Waals surface area contributed by atoms with E-state index in [9.17, 15) is 5.11 Å². The average molecular weight is 289 g/mol. The molecule has 0 radical (unpaired) electrons. The molecule has 0 unspecified atom stereocenters. The van der Waals surface area contributed by atoms with Crippen LogP contribution >= 0.6 is 0 Å². The van der Waals surface area contributed by atoms with Crippen molar-refractivity contribution in [2.75, 3.05) is 0 Å². The Morgan fingerprint density at radius 2 is 2.00 bits per heavy atom. The summed E-state index contributed by atoms with van der Waals surface area (Å²) in [5.41, 5.74) is 5.04. The van der Waals surface area contributed by atoms with Gasteiger partial charge in [0.2, 0.25) is 0 Å². The molecule has 0 amide bonds. The van der Waals surface area contributed by atoms with Gasteiger partial charge in [0.25, 0.3) is 0 Å². The van der Waals surface area contributed by atoms with Gasteiger partial charge in [-0.1, -0.05) is 36.9 Å². The summed E-state index contributed by atoms with van der Waals surface area (Å²) < 4.78 is 0. The number of pyridine rings is 1. The molecule has 2 N–H and O–H groups in total. The van der Waals surface area contributed by atoms with Crippen molar-refractivity contribution in [3.63, 3.8) is 0 Å². The van der Waals surface area contributed by atoms with E-state index in [1.165, 1.54) is 0 Å². The topological polar surface area (TPSA) is 57.5 Å². The van der Waals surface area contributed by atoms with E-state index >= 15 is 0 Å². The number of aromatic nitrogens is 1. The quantitative estimate of drug-likeness (QED) is 0.570. The first-order valence-electron chi connectivity index (χ1n) is 6.85. The molecule has 4 nitrogen and oxygen atoms in total. The van der Waals surface area contributed by atoms with E-state index in [1.54, 1.807) is 24.7 Å². The molecule has 1 aromatic heterocycles. The second-order valence-corrected chi connectivity index (χ2v) is 4.81. The van der Waals surface area contributed by atoms with Gasteiger partial charge >= 0.3 is 0 Å². The van der Waals surface area contributed by atoms with Crippen LogP contribution in [0.25, 0.3) is 16.5 Å². The molecule has 0 aliphatic rings. The third kappa shape index (κ3) is 2.81. The summed E-state index contributed by atoms with van der Waals surface area (Å²) in [5, 5.41) is 16.2. The number of fused-ring (bicyclic) bond motifs is 1. The van der Waals surface area contributed by atoms with Crippen molar-refractivity contribution in [3.8, 4) is 5.75 Å². The van der Waals surface area contributed by atoms with Gasteiger partial charge in [-0.25, -0.2) is 0 Å². The van der Waals surface area contributed by atoms with Crippen LogP contribution in [0.3, 0.4) is 0 Å². The summed E-state index contributed by atoms with van der Waals surface area (Å²) in [6.45, 7) is 3.91. The lowest BCUT2D eigenvalue weighted by Gasteiger charge is -2.06. The summed E-state index contributed by atoms with van der Waals surface area (Å²) in [7, 11) is 0. The maximum absolute atomic E-state index is 10.0. The first-order valence-corrected chi connectivity index (χ1v) is 6.85. The Morgan fingerprint density at radius 3 is 2.82 bits per heavy atom. The second-order valence-electron chi connectivity index (χ2n) is 4.81. The maximum atomic E-state index is 10.0. The third-order valence-electron chi connectivity index (χ3n) is 3.35. The van der Waals surface area contributed by atoms with Gasteiger partial charge in [0.15, 0.2) is 0 Å². The fourth-order valence-electron chi connectivity index (χ4n) is 2.20. The molecule has 3 rings (SSSR count). The second kappa shape index (κ2) is 6.10.